The first-order chi connectivity index (χ1) is 8.38. The average molecular weight is 285 g/mol. The molecule has 0 amide bonds. The third-order valence-electron chi connectivity index (χ3n) is 1.93. The molecule has 2 aromatic heterocycles. The molecule has 2 aromatic rings. The number of aromatic nitrogens is 3. The van der Waals surface area contributed by atoms with Gasteiger partial charge in [0.25, 0.3) is 0 Å². The Morgan fingerprint density at radius 1 is 1.33 bits per heavy atom. The van der Waals surface area contributed by atoms with Gasteiger partial charge in [-0.05, 0) is 0 Å². The molecular weight excluding hydrogens is 278 g/mol. The van der Waals surface area contributed by atoms with Crippen molar-refractivity contribution in [2.24, 2.45) is 0 Å². The van der Waals surface area contributed by atoms with Gasteiger partial charge in [0, 0.05) is 29.6 Å². The van der Waals surface area contributed by atoms with Gasteiger partial charge in [-0.15, -0.1) is 11.3 Å². The van der Waals surface area contributed by atoms with Crippen molar-refractivity contribution >= 4 is 27.1 Å². The van der Waals surface area contributed by atoms with E-state index in [1.807, 2.05) is 0 Å². The van der Waals surface area contributed by atoms with E-state index < -0.39 is 15.8 Å². The van der Waals surface area contributed by atoms with Crippen LogP contribution in [0.4, 0.5) is 0 Å². The number of hydrogen-bond acceptors (Lipinski definition) is 7. The molecule has 0 aliphatic carbocycles. The molecule has 0 unspecified atom stereocenters. The van der Waals surface area contributed by atoms with Gasteiger partial charge < -0.3 is 5.11 Å². The van der Waals surface area contributed by atoms with Gasteiger partial charge in [0.05, 0.1) is 0 Å². The summed E-state index contributed by atoms with van der Waals surface area (Å²) in [5, 5.41) is 10.3. The van der Waals surface area contributed by atoms with Gasteiger partial charge in [0.1, 0.15) is 5.01 Å². The molecule has 0 aliphatic rings. The molecule has 2 heterocycles. The second-order valence-corrected chi connectivity index (χ2v) is 6.14. The van der Waals surface area contributed by atoms with Crippen LogP contribution in [0.3, 0.4) is 0 Å². The second-order valence-electron chi connectivity index (χ2n) is 3.37. The average Bonchev–Trinajstić information content (AvgIpc) is 2.77. The maximum absolute atomic E-state index is 11.2. The first kappa shape index (κ1) is 12.6. The molecule has 1 N–H and O–H groups in total. The summed E-state index contributed by atoms with van der Waals surface area (Å²) in [6.45, 7) is 0. The van der Waals surface area contributed by atoms with E-state index in [4.69, 9.17) is 5.11 Å². The highest BCUT2D eigenvalue weighted by atomic mass is 32.2. The first-order valence-corrected chi connectivity index (χ1v) is 7.36. The standard InChI is InChI=1S/C9H7N3O4S2/c1-18(15,16)9-10-2-5(3-11-9)7-12-6(4-17-7)8(13)14/h2-4H,1H3,(H,13,14). The minimum Gasteiger partial charge on any atom is -0.476 e. The molecule has 0 fully saturated rings. The number of nitrogens with zero attached hydrogens (tertiary/aromatic N) is 3. The largest absolute Gasteiger partial charge is 0.476 e. The number of sulfone groups is 1. The number of carboxylic acid groups (broad SMARTS) is 1. The molecule has 18 heavy (non-hydrogen) atoms. The van der Waals surface area contributed by atoms with Gasteiger partial charge in [0.2, 0.25) is 15.0 Å². The highest BCUT2D eigenvalue weighted by molar-refractivity contribution is 7.90. The molecule has 0 atom stereocenters. The fraction of sp³-hybridized carbons (Fsp3) is 0.111. The summed E-state index contributed by atoms with van der Waals surface area (Å²) in [7, 11) is -3.44. The number of aromatic carboxylic acids is 1. The van der Waals surface area contributed by atoms with Crippen LogP contribution in [-0.4, -0.2) is 40.7 Å². The maximum atomic E-state index is 11.2. The quantitative estimate of drug-likeness (QED) is 0.826. The lowest BCUT2D eigenvalue weighted by molar-refractivity contribution is 0.0691. The molecule has 0 saturated heterocycles. The maximum Gasteiger partial charge on any atom is 0.355 e. The summed E-state index contributed by atoms with van der Waals surface area (Å²) in [4.78, 5) is 21.9. The van der Waals surface area contributed by atoms with Crippen molar-refractivity contribution in [3.8, 4) is 10.6 Å². The van der Waals surface area contributed by atoms with Gasteiger partial charge in [0.15, 0.2) is 5.69 Å². The van der Waals surface area contributed by atoms with Crippen LogP contribution >= 0.6 is 11.3 Å². The molecule has 0 spiro atoms. The third-order valence-corrected chi connectivity index (χ3v) is 3.70. The number of hydrogen-bond donors (Lipinski definition) is 1. The van der Waals surface area contributed by atoms with Crippen molar-refractivity contribution < 1.29 is 18.3 Å². The van der Waals surface area contributed by atoms with E-state index in [-0.39, 0.29) is 10.9 Å². The Labute approximate surface area is 106 Å². The number of carboxylic acids is 1. The van der Waals surface area contributed by atoms with Gasteiger partial charge in [-0.2, -0.15) is 0 Å². The Kier molecular flexibility index (Phi) is 3.09. The lowest BCUT2D eigenvalue weighted by Gasteiger charge is -1.97. The predicted octanol–water partition coefficient (Wildman–Crippen LogP) is 0.702. The smallest absolute Gasteiger partial charge is 0.355 e. The fourth-order valence-corrected chi connectivity index (χ4v) is 2.38. The van der Waals surface area contributed by atoms with Crippen LogP contribution in [0.25, 0.3) is 10.6 Å². The second kappa shape index (κ2) is 4.42. The van der Waals surface area contributed by atoms with Crippen molar-refractivity contribution in [3.63, 3.8) is 0 Å². The zero-order chi connectivity index (χ0) is 13.3. The molecule has 94 valence electrons. The van der Waals surface area contributed by atoms with Crippen molar-refractivity contribution in [1.29, 1.82) is 0 Å². The van der Waals surface area contributed by atoms with Crippen LogP contribution in [-0.2, 0) is 9.84 Å². The Hall–Kier alpha value is -1.87. The zero-order valence-electron chi connectivity index (χ0n) is 9.06. The summed E-state index contributed by atoms with van der Waals surface area (Å²) in [5.41, 5.74) is 0.405. The molecule has 0 bridgehead atoms. The van der Waals surface area contributed by atoms with E-state index in [0.717, 1.165) is 17.6 Å². The Morgan fingerprint density at radius 3 is 2.39 bits per heavy atom. The minimum atomic E-state index is -3.44. The van der Waals surface area contributed by atoms with Crippen LogP contribution in [0.1, 0.15) is 10.5 Å². The van der Waals surface area contributed by atoms with Gasteiger partial charge >= 0.3 is 5.97 Å². The molecular formula is C9H7N3O4S2. The molecule has 7 nitrogen and oxygen atoms in total. The van der Waals surface area contributed by atoms with Crippen LogP contribution in [0.5, 0.6) is 0 Å². The van der Waals surface area contributed by atoms with Crippen molar-refractivity contribution in [2.75, 3.05) is 6.26 Å². The minimum absolute atomic E-state index is 0.0674. The van der Waals surface area contributed by atoms with Gasteiger partial charge in [-0.3, -0.25) is 0 Å². The Morgan fingerprint density at radius 2 is 1.94 bits per heavy atom. The van der Waals surface area contributed by atoms with Crippen LogP contribution in [0, 0.1) is 0 Å². The summed E-state index contributed by atoms with van der Waals surface area (Å²) in [6.07, 6.45) is 3.61. The van der Waals surface area contributed by atoms with Crippen molar-refractivity contribution in [2.45, 2.75) is 5.16 Å². The highest BCUT2D eigenvalue weighted by Crippen LogP contribution is 2.22. The Bertz CT molecular complexity index is 691. The first-order valence-electron chi connectivity index (χ1n) is 4.59. The number of rotatable bonds is 3. The SMILES string of the molecule is CS(=O)(=O)c1ncc(-c2nc(C(=O)O)cs2)cn1. The van der Waals surface area contributed by atoms with Crippen LogP contribution in [0.15, 0.2) is 22.9 Å². The van der Waals surface area contributed by atoms with Crippen LogP contribution < -0.4 is 0 Å². The topological polar surface area (TPSA) is 110 Å². The fourth-order valence-electron chi connectivity index (χ4n) is 1.12. The highest BCUT2D eigenvalue weighted by Gasteiger charge is 2.13. The normalized spacial score (nSPS) is 11.4. The van der Waals surface area contributed by atoms with E-state index in [0.29, 0.717) is 10.6 Å². The third kappa shape index (κ3) is 2.51. The lowest BCUT2D eigenvalue weighted by atomic mass is 10.3. The Balaban J connectivity index is 2.37. The number of carbonyl (C=O) groups is 1. The molecule has 9 heteroatoms. The molecule has 0 saturated carbocycles. The predicted molar refractivity (Wildman–Crippen MR) is 63.2 cm³/mol. The van der Waals surface area contributed by atoms with Crippen LogP contribution in [0.2, 0.25) is 0 Å². The van der Waals surface area contributed by atoms with Crippen molar-refractivity contribution in [1.82, 2.24) is 15.0 Å². The molecule has 0 aliphatic heterocycles. The molecule has 2 rings (SSSR count). The zero-order valence-corrected chi connectivity index (χ0v) is 10.7. The van der Waals surface area contributed by atoms with Gasteiger partial charge in [-0.1, -0.05) is 0 Å². The van der Waals surface area contributed by atoms with E-state index in [9.17, 15) is 13.2 Å². The molecule has 0 radical (unpaired) electrons. The molecule has 0 aromatic carbocycles. The monoisotopic (exact) mass is 285 g/mol. The lowest BCUT2D eigenvalue weighted by Crippen LogP contribution is -2.03. The van der Waals surface area contributed by atoms with Crippen molar-refractivity contribution in [3.05, 3.63) is 23.5 Å². The summed E-state index contributed by atoms with van der Waals surface area (Å²) in [6, 6.07) is 0. The summed E-state index contributed by atoms with van der Waals surface area (Å²) < 4.78 is 22.3. The summed E-state index contributed by atoms with van der Waals surface area (Å²) >= 11 is 1.12. The van der Waals surface area contributed by atoms with Gasteiger partial charge in [-0.25, -0.2) is 28.2 Å². The van der Waals surface area contributed by atoms with E-state index in [1.165, 1.54) is 17.8 Å². The summed E-state index contributed by atoms with van der Waals surface area (Å²) in [5.74, 6) is -1.12. The number of thiazole rings is 1. The van der Waals surface area contributed by atoms with E-state index in [2.05, 4.69) is 15.0 Å². The van der Waals surface area contributed by atoms with E-state index in [1.54, 1.807) is 0 Å². The van der Waals surface area contributed by atoms with E-state index >= 15 is 0 Å².